The van der Waals surface area contributed by atoms with E-state index in [2.05, 4.69) is 47.3 Å². The molecule has 0 aliphatic rings. The minimum absolute atomic E-state index is 0.0500. The van der Waals surface area contributed by atoms with Crippen molar-refractivity contribution in [2.24, 2.45) is 0 Å². The van der Waals surface area contributed by atoms with Crippen LogP contribution in [0.25, 0.3) is 0 Å². The third-order valence-electron chi connectivity index (χ3n) is 4.68. The Morgan fingerprint density at radius 3 is 2.32 bits per heavy atom. The van der Waals surface area contributed by atoms with Gasteiger partial charge in [0.15, 0.2) is 0 Å². The number of nitrogens with zero attached hydrogens (tertiary/aromatic N) is 2. The van der Waals surface area contributed by atoms with E-state index in [1.807, 2.05) is 83.3 Å². The summed E-state index contributed by atoms with van der Waals surface area (Å²) >= 11 is 5.58. The smallest absolute Gasteiger partial charge is 0.147 e. The topological polar surface area (TPSA) is 49.0 Å². The molecular formula is C27H49ClN4O2. The lowest BCUT2D eigenvalue weighted by atomic mass is 10.2. The van der Waals surface area contributed by atoms with Crippen molar-refractivity contribution in [2.45, 2.75) is 67.4 Å². The second kappa shape index (κ2) is 24.0. The Morgan fingerprint density at radius 2 is 1.79 bits per heavy atom. The van der Waals surface area contributed by atoms with Crippen LogP contribution in [-0.4, -0.2) is 49.9 Å². The average Bonchev–Trinajstić information content (AvgIpc) is 2.90. The number of hydroxylamine groups is 2. The van der Waals surface area contributed by atoms with E-state index >= 15 is 0 Å². The molecule has 196 valence electrons. The Morgan fingerprint density at radius 1 is 1.15 bits per heavy atom. The third-order valence-corrected chi connectivity index (χ3v) is 4.90. The number of ether oxygens (including phenoxy) is 1. The average molecular weight is 497 g/mol. The number of anilines is 1. The van der Waals surface area contributed by atoms with E-state index in [1.54, 1.807) is 7.11 Å². The van der Waals surface area contributed by atoms with E-state index in [-0.39, 0.29) is 6.10 Å². The SMILES string of the molecule is C/C=C(/C)N(C)/C=C/CC(/C=C/NCCCN(CC)Oc1ccc(NCl)cc1)OC.CC.CC. The molecule has 0 saturated carbocycles. The summed E-state index contributed by atoms with van der Waals surface area (Å²) in [6.07, 6.45) is 12.1. The zero-order valence-corrected chi connectivity index (χ0v) is 23.7. The standard InChI is InChI=1S/C23H37ClN4O2.2C2H6/c1-6-20(3)27(4)18-8-10-22(29-5)15-17-25-16-9-19-28(7-2)30-23-13-11-21(26-24)12-14-23;2*1-2/h6,8,11-15,17-18,22,25-26H,7,9-10,16,19H2,1-5H3;2*1-2H3/b17-15+,18-8+,20-6-;;. The van der Waals surface area contributed by atoms with Crippen LogP contribution in [0.15, 0.2) is 60.6 Å². The van der Waals surface area contributed by atoms with Crippen LogP contribution in [0.3, 0.4) is 0 Å². The van der Waals surface area contributed by atoms with Gasteiger partial charge in [0, 0.05) is 57.0 Å². The lowest BCUT2D eigenvalue weighted by Crippen LogP contribution is -2.30. The maximum Gasteiger partial charge on any atom is 0.147 e. The molecule has 0 radical (unpaired) electrons. The Bertz CT molecular complexity index is 663. The van der Waals surface area contributed by atoms with Crippen LogP contribution in [0.5, 0.6) is 5.75 Å². The zero-order valence-electron chi connectivity index (χ0n) is 22.9. The first-order chi connectivity index (χ1) is 16.5. The normalized spacial score (nSPS) is 12.0. The van der Waals surface area contributed by atoms with Crippen molar-refractivity contribution < 1.29 is 9.57 Å². The fourth-order valence-corrected chi connectivity index (χ4v) is 2.67. The summed E-state index contributed by atoms with van der Waals surface area (Å²) in [7, 11) is 3.77. The predicted molar refractivity (Wildman–Crippen MR) is 150 cm³/mol. The molecule has 0 aromatic heterocycles. The highest BCUT2D eigenvalue weighted by Gasteiger charge is 2.05. The Labute approximate surface area is 214 Å². The lowest BCUT2D eigenvalue weighted by molar-refractivity contribution is -0.0540. The number of halogens is 1. The van der Waals surface area contributed by atoms with Crippen LogP contribution in [0, 0.1) is 0 Å². The molecule has 7 heteroatoms. The minimum Gasteiger partial charge on any atom is -0.406 e. The number of hydrogen-bond donors (Lipinski definition) is 2. The number of rotatable bonds is 15. The van der Waals surface area contributed by atoms with E-state index in [0.717, 1.165) is 43.9 Å². The summed E-state index contributed by atoms with van der Waals surface area (Å²) in [6, 6.07) is 7.55. The van der Waals surface area contributed by atoms with Crippen molar-refractivity contribution in [3.05, 3.63) is 60.6 Å². The number of nitrogens with one attached hydrogen (secondary N) is 2. The maximum absolute atomic E-state index is 5.89. The van der Waals surface area contributed by atoms with Gasteiger partial charge in [-0.1, -0.05) is 39.8 Å². The van der Waals surface area contributed by atoms with Crippen molar-refractivity contribution in [1.29, 1.82) is 0 Å². The quantitative estimate of drug-likeness (QED) is 0.152. The van der Waals surface area contributed by atoms with Crippen LogP contribution >= 0.6 is 11.8 Å². The van der Waals surface area contributed by atoms with Gasteiger partial charge in [0.1, 0.15) is 5.75 Å². The van der Waals surface area contributed by atoms with Gasteiger partial charge in [-0.3, -0.25) is 4.84 Å². The summed E-state index contributed by atoms with van der Waals surface area (Å²) in [5, 5.41) is 5.27. The Hall–Kier alpha value is -2.15. The van der Waals surface area contributed by atoms with Gasteiger partial charge < -0.3 is 19.8 Å². The van der Waals surface area contributed by atoms with E-state index in [9.17, 15) is 0 Å². The van der Waals surface area contributed by atoms with Crippen LogP contribution in [0.2, 0.25) is 0 Å². The van der Waals surface area contributed by atoms with Crippen molar-refractivity contribution in [2.75, 3.05) is 38.6 Å². The van der Waals surface area contributed by atoms with E-state index in [1.165, 1.54) is 5.70 Å². The number of hydrogen-bond acceptors (Lipinski definition) is 6. The molecular weight excluding hydrogens is 448 g/mol. The highest BCUT2D eigenvalue weighted by molar-refractivity contribution is 6.23. The molecule has 1 rings (SSSR count). The zero-order chi connectivity index (χ0) is 26.2. The first-order valence-electron chi connectivity index (χ1n) is 12.4. The molecule has 34 heavy (non-hydrogen) atoms. The summed E-state index contributed by atoms with van der Waals surface area (Å²) in [6.45, 7) is 16.7. The molecule has 1 atom stereocenters. The first kappa shape index (κ1) is 34.0. The van der Waals surface area contributed by atoms with Crippen LogP contribution in [-0.2, 0) is 4.74 Å². The van der Waals surface area contributed by atoms with Crippen molar-refractivity contribution >= 4 is 17.5 Å². The minimum atomic E-state index is 0.0500. The molecule has 0 aliphatic heterocycles. The molecule has 1 unspecified atom stereocenters. The van der Waals surface area contributed by atoms with Gasteiger partial charge in [0.05, 0.1) is 6.10 Å². The molecule has 0 saturated heterocycles. The molecule has 0 bridgehead atoms. The van der Waals surface area contributed by atoms with E-state index < -0.39 is 0 Å². The molecule has 1 aromatic rings. The third kappa shape index (κ3) is 16.5. The van der Waals surface area contributed by atoms with E-state index in [4.69, 9.17) is 21.4 Å². The number of methoxy groups -OCH3 is 1. The second-order valence-corrected chi connectivity index (χ2v) is 7.02. The summed E-state index contributed by atoms with van der Waals surface area (Å²) in [5.41, 5.74) is 2.06. The monoisotopic (exact) mass is 496 g/mol. The van der Waals surface area contributed by atoms with Gasteiger partial charge in [-0.2, -0.15) is 0 Å². The van der Waals surface area contributed by atoms with Gasteiger partial charge in [-0.25, -0.2) is 0 Å². The molecule has 6 nitrogen and oxygen atoms in total. The van der Waals surface area contributed by atoms with Crippen LogP contribution in [0.4, 0.5) is 5.69 Å². The summed E-state index contributed by atoms with van der Waals surface area (Å²) < 4.78 is 5.51. The molecule has 0 amide bonds. The maximum atomic E-state index is 5.89. The largest absolute Gasteiger partial charge is 0.406 e. The van der Waals surface area contributed by atoms with Crippen molar-refractivity contribution in [3.63, 3.8) is 0 Å². The van der Waals surface area contributed by atoms with Gasteiger partial charge in [-0.15, -0.1) is 5.06 Å². The molecule has 1 aromatic carbocycles. The van der Waals surface area contributed by atoms with Crippen LogP contribution in [0.1, 0.15) is 61.3 Å². The fourth-order valence-electron chi connectivity index (χ4n) is 2.54. The highest BCUT2D eigenvalue weighted by Crippen LogP contribution is 2.17. The molecule has 0 spiro atoms. The summed E-state index contributed by atoms with van der Waals surface area (Å²) in [5.74, 6) is 0.798. The van der Waals surface area contributed by atoms with Gasteiger partial charge in [0.2, 0.25) is 0 Å². The van der Waals surface area contributed by atoms with Gasteiger partial charge >= 0.3 is 0 Å². The molecule has 0 aliphatic carbocycles. The van der Waals surface area contributed by atoms with Gasteiger partial charge in [0.25, 0.3) is 0 Å². The van der Waals surface area contributed by atoms with Crippen molar-refractivity contribution in [1.82, 2.24) is 15.3 Å². The summed E-state index contributed by atoms with van der Waals surface area (Å²) in [4.78, 5) is 10.6. The van der Waals surface area contributed by atoms with E-state index in [0.29, 0.717) is 0 Å². The molecule has 0 fully saturated rings. The number of benzene rings is 1. The van der Waals surface area contributed by atoms with Crippen LogP contribution < -0.4 is 15.0 Å². The number of allylic oxidation sites excluding steroid dienone is 2. The molecule has 0 heterocycles. The lowest BCUT2D eigenvalue weighted by Gasteiger charge is -2.21. The van der Waals surface area contributed by atoms with Gasteiger partial charge in [-0.05, 0) is 76.4 Å². The first-order valence-corrected chi connectivity index (χ1v) is 12.8. The Balaban J connectivity index is 0. The fraction of sp³-hybridized carbons (Fsp3) is 0.556. The Kier molecular flexibility index (Phi) is 24.0. The molecule has 2 N–H and O–H groups in total. The second-order valence-electron chi connectivity index (χ2n) is 6.83. The highest BCUT2D eigenvalue weighted by atomic mass is 35.5. The van der Waals surface area contributed by atoms with Crippen molar-refractivity contribution in [3.8, 4) is 5.75 Å². The predicted octanol–water partition coefficient (Wildman–Crippen LogP) is 7.19.